The number of halogens is 7. The lowest BCUT2D eigenvalue weighted by molar-refractivity contribution is -0.121. The second kappa shape index (κ2) is 13.7. The quantitative estimate of drug-likeness (QED) is 0.128. The standard InChI is InChI=1S/C17H10F6N4S.C10H13ClN2/c18-16(19,20)25-13-14(26-17(21,22)23)28-15(24-11-7-3-1-4-8-11)27(13)12-9-5-2-6-10-12;1-8-6-9(11)4-5-10(8)12-7-13(2)3/h1-10H;4-7H,1-3H3/b24-15-,25-13+,26-14-;. The third-order valence-corrected chi connectivity index (χ3v) is 5.98. The molecule has 0 aromatic heterocycles. The molecule has 0 atom stereocenters. The zero-order chi connectivity index (χ0) is 30.2. The molecular formula is C27H23ClF6N6S. The molecule has 0 spiro atoms. The number of anilines is 1. The SMILES string of the molecule is Cc1cc(Cl)ccc1N=CN(C)C.FC(F)(F)/N=C1\S/C(=N\c2ccccc2)N(c2ccccc2)\C1=N\C(F)(F)F. The molecule has 0 radical (unpaired) electrons. The van der Waals surface area contributed by atoms with Gasteiger partial charge in [0.15, 0.2) is 16.0 Å². The fourth-order valence-electron chi connectivity index (χ4n) is 3.21. The fraction of sp³-hybridized carbons (Fsp3) is 0.185. The summed E-state index contributed by atoms with van der Waals surface area (Å²) in [6.07, 6.45) is -8.40. The zero-order valence-electron chi connectivity index (χ0n) is 21.8. The van der Waals surface area contributed by atoms with Gasteiger partial charge in [0.05, 0.1) is 17.7 Å². The molecule has 0 saturated carbocycles. The van der Waals surface area contributed by atoms with Gasteiger partial charge in [0.25, 0.3) is 0 Å². The first kappa shape index (κ1) is 31.7. The van der Waals surface area contributed by atoms with E-state index in [-0.39, 0.29) is 10.9 Å². The van der Waals surface area contributed by atoms with E-state index in [4.69, 9.17) is 11.6 Å². The molecule has 0 unspecified atom stereocenters. The maximum atomic E-state index is 13.0. The highest BCUT2D eigenvalue weighted by molar-refractivity contribution is 8.29. The van der Waals surface area contributed by atoms with Crippen LogP contribution in [0.2, 0.25) is 5.02 Å². The third kappa shape index (κ3) is 10.3. The lowest BCUT2D eigenvalue weighted by Gasteiger charge is -2.19. The molecule has 41 heavy (non-hydrogen) atoms. The Kier molecular flexibility index (Phi) is 10.6. The average molecular weight is 613 g/mol. The van der Waals surface area contributed by atoms with Crippen LogP contribution in [0, 0.1) is 6.92 Å². The van der Waals surface area contributed by atoms with Gasteiger partial charge in [-0.3, -0.25) is 4.90 Å². The van der Waals surface area contributed by atoms with Crippen molar-refractivity contribution in [2.24, 2.45) is 20.0 Å². The second-order valence-electron chi connectivity index (χ2n) is 8.43. The van der Waals surface area contributed by atoms with Gasteiger partial charge >= 0.3 is 12.6 Å². The maximum Gasteiger partial charge on any atom is 0.505 e. The molecule has 1 aliphatic rings. The largest absolute Gasteiger partial charge is 0.505 e. The van der Waals surface area contributed by atoms with Crippen LogP contribution in [0.25, 0.3) is 0 Å². The van der Waals surface area contributed by atoms with Crippen molar-refractivity contribution in [1.29, 1.82) is 0 Å². The summed E-state index contributed by atoms with van der Waals surface area (Å²) in [5, 5.41) is -0.326. The Morgan fingerprint density at radius 3 is 1.95 bits per heavy atom. The fourth-order valence-corrected chi connectivity index (χ4v) is 4.42. The van der Waals surface area contributed by atoms with Gasteiger partial charge in [-0.15, -0.1) is 26.3 Å². The Bertz CT molecular complexity index is 1440. The molecule has 1 aliphatic heterocycles. The zero-order valence-corrected chi connectivity index (χ0v) is 23.4. The monoisotopic (exact) mass is 612 g/mol. The Labute approximate surface area is 241 Å². The van der Waals surface area contributed by atoms with Crippen molar-refractivity contribution in [3.8, 4) is 0 Å². The van der Waals surface area contributed by atoms with E-state index in [0.29, 0.717) is 17.4 Å². The minimum absolute atomic E-state index is 0.136. The number of benzene rings is 3. The molecule has 6 nitrogen and oxygen atoms in total. The van der Waals surface area contributed by atoms with Crippen LogP contribution in [0.5, 0.6) is 0 Å². The van der Waals surface area contributed by atoms with Gasteiger partial charge in [0, 0.05) is 24.8 Å². The summed E-state index contributed by atoms with van der Waals surface area (Å²) in [6.45, 7) is 1.99. The van der Waals surface area contributed by atoms with Crippen LogP contribution in [0.15, 0.2) is 98.8 Å². The minimum atomic E-state index is -5.10. The number of nitrogens with zero attached hydrogens (tertiary/aromatic N) is 6. The van der Waals surface area contributed by atoms with Crippen molar-refractivity contribution in [2.45, 2.75) is 19.5 Å². The maximum absolute atomic E-state index is 13.0. The highest BCUT2D eigenvalue weighted by Crippen LogP contribution is 2.35. The number of alkyl halides is 6. The van der Waals surface area contributed by atoms with Gasteiger partial charge in [-0.1, -0.05) is 48.0 Å². The van der Waals surface area contributed by atoms with Crippen molar-refractivity contribution >= 4 is 62.8 Å². The van der Waals surface area contributed by atoms with Crippen LogP contribution >= 0.6 is 23.4 Å². The second-order valence-corrected chi connectivity index (χ2v) is 9.82. The van der Waals surface area contributed by atoms with Crippen LogP contribution < -0.4 is 4.90 Å². The van der Waals surface area contributed by atoms with Crippen molar-refractivity contribution in [3.63, 3.8) is 0 Å². The topological polar surface area (TPSA) is 55.9 Å². The molecule has 14 heteroatoms. The summed E-state index contributed by atoms with van der Waals surface area (Å²) in [5.41, 5.74) is 2.56. The highest BCUT2D eigenvalue weighted by atomic mass is 35.5. The van der Waals surface area contributed by atoms with Crippen LogP contribution in [0.3, 0.4) is 0 Å². The van der Waals surface area contributed by atoms with Crippen molar-refractivity contribution in [2.75, 3.05) is 19.0 Å². The molecule has 1 saturated heterocycles. The lowest BCUT2D eigenvalue weighted by atomic mass is 10.2. The summed E-state index contributed by atoms with van der Waals surface area (Å²) in [5.74, 6) is -0.990. The molecule has 3 aromatic carbocycles. The first-order valence-corrected chi connectivity index (χ1v) is 12.9. The number of rotatable bonds is 4. The first-order chi connectivity index (χ1) is 19.2. The molecule has 3 aromatic rings. The van der Waals surface area contributed by atoms with E-state index in [1.165, 1.54) is 24.3 Å². The predicted molar refractivity (Wildman–Crippen MR) is 155 cm³/mol. The molecule has 1 fully saturated rings. The van der Waals surface area contributed by atoms with Crippen LogP contribution in [0.4, 0.5) is 43.4 Å². The number of amidine groups is 2. The van der Waals surface area contributed by atoms with Gasteiger partial charge in [0.2, 0.25) is 0 Å². The molecule has 216 valence electrons. The summed E-state index contributed by atoms with van der Waals surface area (Å²) in [4.78, 5) is 16.3. The number of hydrogen-bond acceptors (Lipinski definition) is 5. The summed E-state index contributed by atoms with van der Waals surface area (Å²) < 4.78 is 77.3. The molecule has 0 amide bonds. The van der Waals surface area contributed by atoms with Gasteiger partial charge in [-0.25, -0.2) is 9.98 Å². The molecule has 1 heterocycles. The average Bonchev–Trinajstić information content (AvgIpc) is 3.18. The van der Waals surface area contributed by atoms with Gasteiger partial charge in [-0.05, 0) is 66.7 Å². The van der Waals surface area contributed by atoms with E-state index < -0.39 is 23.5 Å². The van der Waals surface area contributed by atoms with E-state index in [0.717, 1.165) is 21.2 Å². The van der Waals surface area contributed by atoms with Crippen LogP contribution in [-0.4, -0.2) is 54.0 Å². The molecule has 0 N–H and O–H groups in total. The summed E-state index contributed by atoms with van der Waals surface area (Å²) >= 11 is 6.18. The number of hydrogen-bond donors (Lipinski definition) is 0. The number of para-hydroxylation sites is 2. The Hall–Kier alpha value is -3.84. The van der Waals surface area contributed by atoms with Crippen LogP contribution in [-0.2, 0) is 0 Å². The summed E-state index contributed by atoms with van der Waals surface area (Å²) in [6, 6.07) is 21.3. The first-order valence-electron chi connectivity index (χ1n) is 11.7. The number of aryl methyl sites for hydroxylation is 1. The van der Waals surface area contributed by atoms with Crippen molar-refractivity contribution < 1.29 is 26.3 Å². The number of aliphatic imine (C=N–C) groups is 4. The Balaban J connectivity index is 0.000000298. The normalized spacial score (nSPS) is 16.9. The van der Waals surface area contributed by atoms with Crippen LogP contribution in [0.1, 0.15) is 5.56 Å². The van der Waals surface area contributed by atoms with Crippen molar-refractivity contribution in [3.05, 3.63) is 89.4 Å². The van der Waals surface area contributed by atoms with E-state index in [1.807, 2.05) is 44.1 Å². The molecule has 0 bridgehead atoms. The number of thioether (sulfide) groups is 1. The van der Waals surface area contributed by atoms with E-state index >= 15 is 0 Å². The predicted octanol–water partition coefficient (Wildman–Crippen LogP) is 8.63. The van der Waals surface area contributed by atoms with E-state index in [2.05, 4.69) is 20.0 Å². The van der Waals surface area contributed by atoms with E-state index in [1.54, 1.807) is 42.7 Å². The Morgan fingerprint density at radius 1 is 0.829 bits per heavy atom. The molecular weight excluding hydrogens is 590 g/mol. The van der Waals surface area contributed by atoms with Gasteiger partial charge < -0.3 is 4.90 Å². The summed E-state index contributed by atoms with van der Waals surface area (Å²) in [7, 11) is 3.88. The molecule has 4 rings (SSSR count). The van der Waals surface area contributed by atoms with Crippen molar-refractivity contribution in [1.82, 2.24) is 4.90 Å². The van der Waals surface area contributed by atoms with Gasteiger partial charge in [-0.2, -0.15) is 9.98 Å². The van der Waals surface area contributed by atoms with Gasteiger partial charge in [0.1, 0.15) is 0 Å². The van der Waals surface area contributed by atoms with E-state index in [9.17, 15) is 26.3 Å². The minimum Gasteiger partial charge on any atom is -0.369 e. The lowest BCUT2D eigenvalue weighted by Crippen LogP contribution is -2.33. The Morgan fingerprint density at radius 2 is 1.41 bits per heavy atom. The smallest absolute Gasteiger partial charge is 0.369 e. The molecule has 0 aliphatic carbocycles. The third-order valence-electron chi connectivity index (χ3n) is 4.83. The highest BCUT2D eigenvalue weighted by Gasteiger charge is 2.42.